The van der Waals surface area contributed by atoms with E-state index in [-0.39, 0.29) is 22.9 Å². The molecule has 0 saturated carbocycles. The second kappa shape index (κ2) is 14.5. The zero-order valence-electron chi connectivity index (χ0n) is 16.4. The topological polar surface area (TPSA) is 52.6 Å². The van der Waals surface area contributed by atoms with Gasteiger partial charge in [-0.3, -0.25) is 9.59 Å². The van der Waals surface area contributed by atoms with E-state index in [0.717, 1.165) is 31.4 Å². The third kappa shape index (κ3) is 10.7. The Balaban J connectivity index is 2.09. The van der Waals surface area contributed by atoms with E-state index < -0.39 is 30.2 Å². The number of carbonyl (C=O) groups excluding carboxylic acids is 2. The molecule has 0 fully saturated rings. The Hall–Kier alpha value is -1.50. The first-order valence-corrected chi connectivity index (χ1v) is 10.7. The van der Waals surface area contributed by atoms with Crippen molar-refractivity contribution in [3.05, 3.63) is 33.8 Å². The van der Waals surface area contributed by atoms with Crippen LogP contribution in [0.4, 0.5) is 8.78 Å². The third-order valence-electron chi connectivity index (χ3n) is 4.28. The van der Waals surface area contributed by atoms with Gasteiger partial charge in [0.1, 0.15) is 18.2 Å². The second-order valence-corrected chi connectivity index (χ2v) is 7.62. The molecule has 0 N–H and O–H groups in total. The molecule has 1 aromatic carbocycles. The molecule has 4 nitrogen and oxygen atoms in total. The van der Waals surface area contributed by atoms with E-state index in [2.05, 4.69) is 22.9 Å². The van der Waals surface area contributed by atoms with Crippen LogP contribution in [0.15, 0.2) is 16.6 Å². The number of benzene rings is 1. The van der Waals surface area contributed by atoms with Gasteiger partial charge in [0.15, 0.2) is 0 Å². The molecule has 0 spiro atoms. The van der Waals surface area contributed by atoms with Crippen molar-refractivity contribution in [1.82, 2.24) is 0 Å². The molecule has 0 radical (unpaired) electrons. The monoisotopic (exact) mass is 462 g/mol. The van der Waals surface area contributed by atoms with Gasteiger partial charge in [-0.25, -0.2) is 8.78 Å². The summed E-state index contributed by atoms with van der Waals surface area (Å²) in [7, 11) is 0. The number of hydrogen-bond acceptors (Lipinski definition) is 4. The zero-order chi connectivity index (χ0) is 20.8. The first kappa shape index (κ1) is 24.5. The summed E-state index contributed by atoms with van der Waals surface area (Å²) in [4.78, 5) is 23.3. The van der Waals surface area contributed by atoms with Crippen molar-refractivity contribution in [3.8, 4) is 0 Å². The fraction of sp³-hybridized carbons (Fsp3) is 0.619. The minimum Gasteiger partial charge on any atom is -0.466 e. The number of unbranched alkanes of at least 4 members (excludes halogenated alkanes) is 7. The molecule has 7 heteroatoms. The number of rotatable bonds is 14. The van der Waals surface area contributed by atoms with E-state index in [1.54, 1.807) is 0 Å². The summed E-state index contributed by atoms with van der Waals surface area (Å²) in [6.07, 6.45) is 8.94. The highest BCUT2D eigenvalue weighted by Crippen LogP contribution is 2.20. The van der Waals surface area contributed by atoms with E-state index in [0.29, 0.717) is 6.61 Å². The Labute approximate surface area is 174 Å². The number of esters is 2. The number of hydrogen-bond donors (Lipinski definition) is 0. The predicted octanol–water partition coefficient (Wildman–Crippen LogP) is 6.23. The average Bonchev–Trinajstić information content (AvgIpc) is 2.64. The smallest absolute Gasteiger partial charge is 0.306 e. The normalized spacial score (nSPS) is 10.7. The van der Waals surface area contributed by atoms with Crippen LogP contribution < -0.4 is 0 Å². The van der Waals surface area contributed by atoms with Gasteiger partial charge in [0.25, 0.3) is 0 Å². The van der Waals surface area contributed by atoms with Gasteiger partial charge < -0.3 is 9.47 Å². The van der Waals surface area contributed by atoms with Gasteiger partial charge in [0.2, 0.25) is 0 Å². The van der Waals surface area contributed by atoms with Gasteiger partial charge in [-0.15, -0.1) is 0 Å². The van der Waals surface area contributed by atoms with Crippen LogP contribution >= 0.6 is 15.9 Å². The zero-order valence-corrected chi connectivity index (χ0v) is 18.0. The summed E-state index contributed by atoms with van der Waals surface area (Å²) >= 11 is 2.98. The molecule has 0 bridgehead atoms. The van der Waals surface area contributed by atoms with Gasteiger partial charge in [-0.1, -0.05) is 67.8 Å². The van der Waals surface area contributed by atoms with Crippen LogP contribution in [0.2, 0.25) is 0 Å². The minimum absolute atomic E-state index is 0.110. The third-order valence-corrected chi connectivity index (χ3v) is 4.74. The maximum Gasteiger partial charge on any atom is 0.306 e. The molecular weight excluding hydrogens is 434 g/mol. The van der Waals surface area contributed by atoms with Crippen LogP contribution in [-0.4, -0.2) is 18.5 Å². The van der Waals surface area contributed by atoms with Crippen LogP contribution in [-0.2, 0) is 25.7 Å². The molecule has 0 saturated heterocycles. The van der Waals surface area contributed by atoms with Crippen molar-refractivity contribution in [2.45, 2.75) is 77.7 Å². The lowest BCUT2D eigenvalue weighted by molar-refractivity contribution is -0.151. The molecule has 28 heavy (non-hydrogen) atoms. The predicted molar refractivity (Wildman–Crippen MR) is 107 cm³/mol. The summed E-state index contributed by atoms with van der Waals surface area (Å²) in [5.41, 5.74) is -0.325. The van der Waals surface area contributed by atoms with Crippen molar-refractivity contribution >= 4 is 27.9 Å². The molecule has 0 aliphatic carbocycles. The molecule has 1 aromatic rings. The summed E-state index contributed by atoms with van der Waals surface area (Å²) in [5.74, 6) is -2.78. The Morgan fingerprint density at radius 2 is 1.36 bits per heavy atom. The van der Waals surface area contributed by atoms with E-state index >= 15 is 0 Å². The number of halogens is 3. The first-order chi connectivity index (χ1) is 13.4. The van der Waals surface area contributed by atoms with Crippen LogP contribution in [0.25, 0.3) is 0 Å². The van der Waals surface area contributed by atoms with Crippen LogP contribution in [0, 0.1) is 11.6 Å². The molecule has 0 amide bonds. The van der Waals surface area contributed by atoms with Gasteiger partial charge in [-0.2, -0.15) is 0 Å². The lowest BCUT2D eigenvalue weighted by Gasteiger charge is -2.08. The Kier molecular flexibility index (Phi) is 12.7. The molecule has 0 aliphatic rings. The molecule has 0 atom stereocenters. The van der Waals surface area contributed by atoms with E-state index in [4.69, 9.17) is 9.47 Å². The van der Waals surface area contributed by atoms with E-state index in [1.165, 1.54) is 32.1 Å². The fourth-order valence-corrected chi connectivity index (χ4v) is 3.04. The molecule has 0 heterocycles. The van der Waals surface area contributed by atoms with Crippen LogP contribution in [0.3, 0.4) is 0 Å². The second-order valence-electron chi connectivity index (χ2n) is 6.70. The summed E-state index contributed by atoms with van der Waals surface area (Å²) in [6, 6.07) is 2.18. The highest BCUT2D eigenvalue weighted by molar-refractivity contribution is 9.10. The molecule has 0 aromatic heterocycles. The van der Waals surface area contributed by atoms with E-state index in [1.807, 2.05) is 0 Å². The van der Waals surface area contributed by atoms with Gasteiger partial charge >= 0.3 is 11.9 Å². The Bertz CT molecular complexity index is 599. The van der Waals surface area contributed by atoms with Gasteiger partial charge in [0.05, 0.1) is 25.0 Å². The first-order valence-electron chi connectivity index (χ1n) is 9.88. The van der Waals surface area contributed by atoms with Gasteiger partial charge in [0, 0.05) is 4.47 Å². The van der Waals surface area contributed by atoms with Crippen molar-refractivity contribution in [3.63, 3.8) is 0 Å². The largest absolute Gasteiger partial charge is 0.466 e. The van der Waals surface area contributed by atoms with Crippen molar-refractivity contribution in [1.29, 1.82) is 0 Å². The average molecular weight is 463 g/mol. The lowest BCUT2D eigenvalue weighted by atomic mass is 10.1. The van der Waals surface area contributed by atoms with Crippen LogP contribution in [0.1, 0.15) is 76.7 Å². The summed E-state index contributed by atoms with van der Waals surface area (Å²) < 4.78 is 37.5. The minimum atomic E-state index is -0.801. The summed E-state index contributed by atoms with van der Waals surface area (Å²) in [6.45, 7) is 2.02. The summed E-state index contributed by atoms with van der Waals surface area (Å²) in [5, 5.41) is 0. The fourth-order valence-electron chi connectivity index (χ4n) is 2.63. The molecule has 158 valence electrons. The van der Waals surface area contributed by atoms with E-state index in [9.17, 15) is 18.4 Å². The highest BCUT2D eigenvalue weighted by atomic mass is 79.9. The Morgan fingerprint density at radius 3 is 1.93 bits per heavy atom. The van der Waals surface area contributed by atoms with Crippen LogP contribution in [0.5, 0.6) is 0 Å². The van der Waals surface area contributed by atoms with Gasteiger partial charge in [-0.05, 0) is 18.6 Å². The molecule has 1 rings (SSSR count). The maximum atomic E-state index is 13.6. The molecule has 0 aliphatic heterocycles. The standard InChI is InChI=1S/C21H29BrF2O4/c1-2-3-4-5-6-7-8-9-12-27-20(25)10-11-21(26)28-15-17-18(23)13-16(22)14-19(17)24/h13-14H,2-12,15H2,1H3. The number of carbonyl (C=O) groups is 2. The van der Waals surface area contributed by atoms with Crippen molar-refractivity contribution in [2.75, 3.05) is 6.61 Å². The SMILES string of the molecule is CCCCCCCCCCOC(=O)CCC(=O)OCc1c(F)cc(Br)cc1F. The quantitative estimate of drug-likeness (QED) is 0.242. The maximum absolute atomic E-state index is 13.6. The molecule has 0 unspecified atom stereocenters. The van der Waals surface area contributed by atoms with Crippen molar-refractivity contribution in [2.24, 2.45) is 0 Å². The van der Waals surface area contributed by atoms with Crippen molar-refractivity contribution < 1.29 is 27.8 Å². The molecular formula is C21H29BrF2O4. The highest BCUT2D eigenvalue weighted by Gasteiger charge is 2.14. The lowest BCUT2D eigenvalue weighted by Crippen LogP contribution is -2.12. The number of ether oxygens (including phenoxy) is 2. The Morgan fingerprint density at radius 1 is 0.857 bits per heavy atom.